The molecule has 0 saturated carbocycles. The van der Waals surface area contributed by atoms with Gasteiger partial charge < -0.3 is 15.7 Å². The average molecular weight is 444 g/mol. The lowest BCUT2D eigenvalue weighted by Crippen LogP contribution is -2.51. The Bertz CT molecular complexity index is 1130. The van der Waals surface area contributed by atoms with Crippen molar-refractivity contribution < 1.29 is 19.9 Å². The highest BCUT2D eigenvalue weighted by Gasteiger charge is 2.25. The van der Waals surface area contributed by atoms with Crippen LogP contribution in [0.25, 0.3) is 0 Å². The van der Waals surface area contributed by atoms with Crippen LogP contribution in [0.15, 0.2) is 78.9 Å². The van der Waals surface area contributed by atoms with Crippen molar-refractivity contribution >= 4 is 17.5 Å². The van der Waals surface area contributed by atoms with Gasteiger partial charge in [-0.2, -0.15) is 0 Å². The van der Waals surface area contributed by atoms with Crippen LogP contribution in [0.2, 0.25) is 0 Å². The highest BCUT2D eigenvalue weighted by Crippen LogP contribution is 2.10. The second-order valence-electron chi connectivity index (χ2n) is 7.41. The zero-order chi connectivity index (χ0) is 23.6. The highest BCUT2D eigenvalue weighted by atomic mass is 16.5. The number of para-hydroxylation sites is 1. The van der Waals surface area contributed by atoms with Crippen LogP contribution in [0.1, 0.15) is 34.0 Å². The van der Waals surface area contributed by atoms with Crippen molar-refractivity contribution in [2.75, 3.05) is 5.32 Å². The molecule has 0 aliphatic carbocycles. The predicted molar refractivity (Wildman–Crippen MR) is 125 cm³/mol. The van der Waals surface area contributed by atoms with Gasteiger partial charge in [0.1, 0.15) is 6.04 Å². The number of aliphatic hydroxyl groups excluding tert-OH is 1. The fourth-order valence-corrected chi connectivity index (χ4v) is 3.01. The van der Waals surface area contributed by atoms with Crippen LogP contribution in [0.3, 0.4) is 0 Å². The fraction of sp³-hybridized carbons (Fsp3) is 0.154. The molecule has 0 bridgehead atoms. The monoisotopic (exact) mass is 443 g/mol. The molecule has 2 atom stereocenters. The van der Waals surface area contributed by atoms with Gasteiger partial charge in [-0.25, -0.2) is 5.48 Å². The summed E-state index contributed by atoms with van der Waals surface area (Å²) in [5.74, 6) is 4.70. The number of nitrogens with one attached hydrogen (secondary N) is 3. The Morgan fingerprint density at radius 1 is 0.879 bits per heavy atom. The predicted octanol–water partition coefficient (Wildman–Crippen LogP) is 2.68. The van der Waals surface area contributed by atoms with E-state index in [0.29, 0.717) is 5.56 Å². The molecule has 0 aliphatic heterocycles. The maximum atomic E-state index is 12.3. The fourth-order valence-electron chi connectivity index (χ4n) is 3.01. The quantitative estimate of drug-likeness (QED) is 0.219. The Kier molecular flexibility index (Phi) is 8.19. The summed E-state index contributed by atoms with van der Waals surface area (Å²) in [6, 6.07) is 23.2. The summed E-state index contributed by atoms with van der Waals surface area (Å²) in [4.78, 5) is 23.9. The van der Waals surface area contributed by atoms with Gasteiger partial charge in [0, 0.05) is 28.9 Å². The second kappa shape index (κ2) is 11.5. The van der Waals surface area contributed by atoms with Crippen LogP contribution >= 0.6 is 0 Å². The molecule has 7 heteroatoms. The molecule has 7 nitrogen and oxygen atoms in total. The molecule has 0 spiro atoms. The largest absolute Gasteiger partial charge is 0.391 e. The van der Waals surface area contributed by atoms with Gasteiger partial charge in [0.15, 0.2) is 0 Å². The van der Waals surface area contributed by atoms with Crippen molar-refractivity contribution in [1.29, 1.82) is 0 Å². The third-order valence-corrected chi connectivity index (χ3v) is 4.88. The van der Waals surface area contributed by atoms with E-state index in [1.54, 1.807) is 24.3 Å². The van der Waals surface area contributed by atoms with Crippen LogP contribution in [0.4, 0.5) is 5.69 Å². The minimum Gasteiger partial charge on any atom is -0.391 e. The standard InChI is InChI=1S/C26H25N3O4/c1-18(30)24(26(32)29-33)28-25(31)22-15-13-20(14-16-22)8-7-19-9-11-21(12-10-19)17-27-23-5-3-2-4-6-23/h2-6,9-16,18,24,27,30,33H,17H2,1H3,(H,28,31)(H,29,32)/t18-,24+/m1/s1. The molecule has 33 heavy (non-hydrogen) atoms. The van der Waals surface area contributed by atoms with Gasteiger partial charge in [0.05, 0.1) is 6.10 Å². The Labute approximate surface area is 192 Å². The summed E-state index contributed by atoms with van der Waals surface area (Å²) in [6.45, 7) is 2.06. The first kappa shape index (κ1) is 23.5. The van der Waals surface area contributed by atoms with Gasteiger partial charge in [-0.15, -0.1) is 0 Å². The lowest BCUT2D eigenvalue weighted by Gasteiger charge is -2.19. The van der Waals surface area contributed by atoms with Crippen LogP contribution < -0.4 is 16.1 Å². The van der Waals surface area contributed by atoms with Crippen molar-refractivity contribution in [3.8, 4) is 11.8 Å². The molecule has 0 saturated heterocycles. The molecular weight excluding hydrogens is 418 g/mol. The normalized spacial score (nSPS) is 12.0. The van der Waals surface area contributed by atoms with E-state index in [0.717, 1.165) is 28.9 Å². The van der Waals surface area contributed by atoms with Crippen molar-refractivity contribution in [3.63, 3.8) is 0 Å². The zero-order valence-corrected chi connectivity index (χ0v) is 18.1. The molecule has 5 N–H and O–H groups in total. The van der Waals surface area contributed by atoms with Gasteiger partial charge in [-0.3, -0.25) is 14.8 Å². The van der Waals surface area contributed by atoms with Crippen LogP contribution in [0.5, 0.6) is 0 Å². The van der Waals surface area contributed by atoms with Gasteiger partial charge in [-0.05, 0) is 61.0 Å². The number of hydroxylamine groups is 1. The maximum Gasteiger partial charge on any atom is 0.268 e. The zero-order valence-electron chi connectivity index (χ0n) is 18.1. The van der Waals surface area contributed by atoms with Gasteiger partial charge >= 0.3 is 0 Å². The molecule has 0 aromatic heterocycles. The van der Waals surface area contributed by atoms with Crippen molar-refractivity contribution in [2.24, 2.45) is 0 Å². The smallest absolute Gasteiger partial charge is 0.268 e. The molecule has 0 radical (unpaired) electrons. The number of carbonyl (C=O) groups excluding carboxylic acids is 2. The Hall–Kier alpha value is -4.12. The second-order valence-corrected chi connectivity index (χ2v) is 7.41. The summed E-state index contributed by atoms with van der Waals surface area (Å²) in [5.41, 5.74) is 5.53. The summed E-state index contributed by atoms with van der Waals surface area (Å²) in [7, 11) is 0. The van der Waals surface area contributed by atoms with E-state index < -0.39 is 24.0 Å². The van der Waals surface area contributed by atoms with E-state index >= 15 is 0 Å². The Balaban J connectivity index is 1.58. The minimum absolute atomic E-state index is 0.298. The topological polar surface area (TPSA) is 111 Å². The molecule has 3 aromatic rings. The number of anilines is 1. The first-order valence-electron chi connectivity index (χ1n) is 10.4. The highest BCUT2D eigenvalue weighted by molar-refractivity contribution is 5.97. The minimum atomic E-state index is -1.27. The van der Waals surface area contributed by atoms with E-state index in [4.69, 9.17) is 5.21 Å². The third kappa shape index (κ3) is 6.94. The molecule has 0 fully saturated rings. The summed E-state index contributed by atoms with van der Waals surface area (Å²) in [5, 5.41) is 24.1. The van der Waals surface area contributed by atoms with E-state index in [1.165, 1.54) is 12.4 Å². The lowest BCUT2D eigenvalue weighted by molar-refractivity contribution is -0.133. The number of aliphatic hydroxyl groups is 1. The Morgan fingerprint density at radius 3 is 2.00 bits per heavy atom. The van der Waals surface area contributed by atoms with Crippen LogP contribution in [0, 0.1) is 11.8 Å². The summed E-state index contributed by atoms with van der Waals surface area (Å²) >= 11 is 0. The van der Waals surface area contributed by atoms with Gasteiger partial charge in [0.2, 0.25) is 0 Å². The first-order valence-corrected chi connectivity index (χ1v) is 10.4. The van der Waals surface area contributed by atoms with Crippen LogP contribution in [-0.4, -0.2) is 34.3 Å². The molecule has 168 valence electrons. The molecular formula is C26H25N3O4. The van der Waals surface area contributed by atoms with Crippen molar-refractivity contribution in [1.82, 2.24) is 10.8 Å². The molecule has 0 heterocycles. The molecule has 0 unspecified atom stereocenters. The molecule has 0 aliphatic rings. The summed E-state index contributed by atoms with van der Waals surface area (Å²) < 4.78 is 0. The number of hydrogen-bond acceptors (Lipinski definition) is 5. The van der Waals surface area contributed by atoms with E-state index in [2.05, 4.69) is 22.5 Å². The van der Waals surface area contributed by atoms with E-state index in [9.17, 15) is 14.7 Å². The average Bonchev–Trinajstić information content (AvgIpc) is 2.85. The van der Waals surface area contributed by atoms with E-state index in [-0.39, 0.29) is 0 Å². The first-order chi connectivity index (χ1) is 16.0. The van der Waals surface area contributed by atoms with Gasteiger partial charge in [0.25, 0.3) is 11.8 Å². The SMILES string of the molecule is C[C@@H](O)[C@H](NC(=O)c1ccc(C#Cc2ccc(CNc3ccccc3)cc2)cc1)C(=O)NO. The van der Waals surface area contributed by atoms with E-state index in [1.807, 2.05) is 54.6 Å². The number of hydrogen-bond donors (Lipinski definition) is 5. The Morgan fingerprint density at radius 2 is 1.45 bits per heavy atom. The molecule has 3 rings (SSSR count). The third-order valence-electron chi connectivity index (χ3n) is 4.88. The van der Waals surface area contributed by atoms with Crippen LogP contribution in [-0.2, 0) is 11.3 Å². The van der Waals surface area contributed by atoms with Crippen molar-refractivity contribution in [3.05, 3.63) is 101 Å². The molecule has 2 amide bonds. The van der Waals surface area contributed by atoms with Crippen molar-refractivity contribution in [2.45, 2.75) is 25.6 Å². The maximum absolute atomic E-state index is 12.3. The number of benzene rings is 3. The molecule has 3 aromatic carbocycles. The van der Waals surface area contributed by atoms with Gasteiger partial charge in [-0.1, -0.05) is 42.2 Å². The number of carbonyl (C=O) groups is 2. The number of rotatable bonds is 7. The summed E-state index contributed by atoms with van der Waals surface area (Å²) in [6.07, 6.45) is -1.17. The lowest BCUT2D eigenvalue weighted by atomic mass is 10.1. The number of amides is 2.